The molecule has 0 bridgehead atoms. The Morgan fingerprint density at radius 2 is 2.05 bits per heavy atom. The fraction of sp³-hybridized carbons (Fsp3) is 0.625. The third kappa shape index (κ3) is 5.21. The zero-order chi connectivity index (χ0) is 14.3. The molecule has 0 fully saturated rings. The molecule has 0 amide bonds. The number of hydrogen-bond donors (Lipinski definition) is 2. The summed E-state index contributed by atoms with van der Waals surface area (Å²) in [5.41, 5.74) is 2.64. The second kappa shape index (κ2) is 8.18. The van der Waals surface area contributed by atoms with E-state index in [0.29, 0.717) is 12.5 Å². The summed E-state index contributed by atoms with van der Waals surface area (Å²) in [6.45, 7) is 10.2. The molecule has 3 nitrogen and oxygen atoms in total. The van der Waals surface area contributed by atoms with Gasteiger partial charge in [0.05, 0.1) is 13.2 Å². The lowest BCUT2D eigenvalue weighted by atomic mass is 9.98. The Kier molecular flexibility index (Phi) is 6.89. The van der Waals surface area contributed by atoms with Crippen LogP contribution in [0.25, 0.3) is 0 Å². The highest BCUT2D eigenvalue weighted by molar-refractivity contribution is 5.36. The predicted octanol–water partition coefficient (Wildman–Crippen LogP) is 2.86. The highest BCUT2D eigenvalue weighted by Crippen LogP contribution is 2.23. The molecule has 2 N–H and O–H groups in total. The lowest BCUT2D eigenvalue weighted by molar-refractivity contribution is 0.210. The highest BCUT2D eigenvalue weighted by Gasteiger charge is 2.07. The molecule has 0 saturated heterocycles. The van der Waals surface area contributed by atoms with Gasteiger partial charge in [0, 0.05) is 6.04 Å². The number of nitrogens with one attached hydrogen (secondary N) is 1. The minimum atomic E-state index is 0.126. The van der Waals surface area contributed by atoms with Crippen LogP contribution in [0.1, 0.15) is 44.2 Å². The van der Waals surface area contributed by atoms with Crippen LogP contribution in [0.15, 0.2) is 18.2 Å². The van der Waals surface area contributed by atoms with Gasteiger partial charge in [-0.05, 0) is 49.1 Å². The minimum Gasteiger partial charge on any atom is -0.494 e. The number of aliphatic hydroxyl groups is 1. The summed E-state index contributed by atoms with van der Waals surface area (Å²) in [5, 5.41) is 12.4. The summed E-state index contributed by atoms with van der Waals surface area (Å²) in [6.07, 6.45) is 0.815. The molecule has 0 heterocycles. The Morgan fingerprint density at radius 3 is 2.58 bits per heavy atom. The number of ether oxygens (including phenoxy) is 1. The molecule has 1 atom stereocenters. The van der Waals surface area contributed by atoms with Crippen molar-refractivity contribution in [2.24, 2.45) is 0 Å². The molecule has 19 heavy (non-hydrogen) atoms. The van der Waals surface area contributed by atoms with Crippen LogP contribution in [0.4, 0.5) is 0 Å². The standard InChI is InChI=1S/C16H27NO2/c1-5-17-14(11-18)8-9-19-15-6-7-16(12(2)3)13(4)10-15/h6-7,10,12,14,17-18H,5,8-9,11H2,1-4H3. The minimum absolute atomic E-state index is 0.126. The molecular weight excluding hydrogens is 238 g/mol. The van der Waals surface area contributed by atoms with Gasteiger partial charge in [0.25, 0.3) is 0 Å². The molecule has 0 radical (unpaired) electrons. The molecular formula is C16H27NO2. The summed E-state index contributed by atoms with van der Waals surface area (Å²) < 4.78 is 5.75. The Bertz CT molecular complexity index is 377. The first-order valence-corrected chi connectivity index (χ1v) is 7.16. The van der Waals surface area contributed by atoms with E-state index in [4.69, 9.17) is 4.74 Å². The van der Waals surface area contributed by atoms with E-state index in [1.807, 2.05) is 13.0 Å². The quantitative estimate of drug-likeness (QED) is 0.759. The number of hydrogen-bond acceptors (Lipinski definition) is 3. The molecule has 0 aliphatic heterocycles. The third-order valence-corrected chi connectivity index (χ3v) is 3.31. The van der Waals surface area contributed by atoms with Gasteiger partial charge < -0.3 is 15.2 Å². The largest absolute Gasteiger partial charge is 0.494 e. The van der Waals surface area contributed by atoms with Crippen LogP contribution in [0.3, 0.4) is 0 Å². The Balaban J connectivity index is 2.47. The molecule has 108 valence electrons. The van der Waals surface area contributed by atoms with E-state index >= 15 is 0 Å². The molecule has 1 unspecified atom stereocenters. The fourth-order valence-electron chi connectivity index (χ4n) is 2.25. The first kappa shape index (κ1) is 16.0. The lowest BCUT2D eigenvalue weighted by Gasteiger charge is -2.16. The Hall–Kier alpha value is -1.06. The molecule has 1 rings (SSSR count). The third-order valence-electron chi connectivity index (χ3n) is 3.31. The molecule has 0 saturated carbocycles. The topological polar surface area (TPSA) is 41.5 Å². The van der Waals surface area contributed by atoms with Gasteiger partial charge in [-0.2, -0.15) is 0 Å². The highest BCUT2D eigenvalue weighted by atomic mass is 16.5. The summed E-state index contributed by atoms with van der Waals surface area (Å²) in [7, 11) is 0. The van der Waals surface area contributed by atoms with Gasteiger partial charge in [-0.25, -0.2) is 0 Å². The van der Waals surface area contributed by atoms with E-state index in [1.165, 1.54) is 11.1 Å². The van der Waals surface area contributed by atoms with E-state index in [-0.39, 0.29) is 12.6 Å². The average Bonchev–Trinajstić information content (AvgIpc) is 2.37. The van der Waals surface area contributed by atoms with Crippen LogP contribution in [0.2, 0.25) is 0 Å². The fourth-order valence-corrected chi connectivity index (χ4v) is 2.25. The van der Waals surface area contributed by atoms with Crippen molar-refractivity contribution in [2.75, 3.05) is 19.8 Å². The van der Waals surface area contributed by atoms with Crippen molar-refractivity contribution in [3.63, 3.8) is 0 Å². The predicted molar refractivity (Wildman–Crippen MR) is 79.9 cm³/mol. The van der Waals surface area contributed by atoms with E-state index in [1.54, 1.807) is 0 Å². The van der Waals surface area contributed by atoms with Gasteiger partial charge >= 0.3 is 0 Å². The second-order valence-corrected chi connectivity index (χ2v) is 5.25. The van der Waals surface area contributed by atoms with Crippen LogP contribution < -0.4 is 10.1 Å². The van der Waals surface area contributed by atoms with Crippen LogP contribution in [-0.2, 0) is 0 Å². The zero-order valence-electron chi connectivity index (χ0n) is 12.6. The second-order valence-electron chi connectivity index (χ2n) is 5.25. The van der Waals surface area contributed by atoms with E-state index in [2.05, 4.69) is 38.2 Å². The number of benzene rings is 1. The van der Waals surface area contributed by atoms with Crippen LogP contribution >= 0.6 is 0 Å². The number of aryl methyl sites for hydroxylation is 1. The first-order valence-electron chi connectivity index (χ1n) is 7.16. The number of aliphatic hydroxyl groups excluding tert-OH is 1. The van der Waals surface area contributed by atoms with Gasteiger partial charge in [0.15, 0.2) is 0 Å². The molecule has 3 heteroatoms. The molecule has 0 aliphatic rings. The molecule has 1 aromatic rings. The molecule has 0 aromatic heterocycles. The summed E-state index contributed by atoms with van der Waals surface area (Å²) in [6, 6.07) is 6.39. The molecule has 0 aliphatic carbocycles. The Morgan fingerprint density at radius 1 is 1.32 bits per heavy atom. The number of likely N-dealkylation sites (N-methyl/N-ethyl adjacent to an activating group) is 1. The van der Waals surface area contributed by atoms with Crippen molar-refractivity contribution in [1.82, 2.24) is 5.32 Å². The molecule has 0 spiro atoms. The Labute approximate surface area is 117 Å². The van der Waals surface area contributed by atoms with Gasteiger partial charge in [0.1, 0.15) is 5.75 Å². The van der Waals surface area contributed by atoms with Crippen molar-refractivity contribution in [3.05, 3.63) is 29.3 Å². The average molecular weight is 265 g/mol. The van der Waals surface area contributed by atoms with Crippen LogP contribution in [0.5, 0.6) is 5.75 Å². The first-order chi connectivity index (χ1) is 9.08. The van der Waals surface area contributed by atoms with Crippen molar-refractivity contribution in [1.29, 1.82) is 0 Å². The smallest absolute Gasteiger partial charge is 0.119 e. The summed E-state index contributed by atoms with van der Waals surface area (Å²) >= 11 is 0. The van der Waals surface area contributed by atoms with Crippen molar-refractivity contribution in [3.8, 4) is 5.75 Å². The normalized spacial score (nSPS) is 12.7. The maximum atomic E-state index is 9.18. The number of rotatable bonds is 8. The maximum absolute atomic E-state index is 9.18. The van der Waals surface area contributed by atoms with Gasteiger partial charge in [0.2, 0.25) is 0 Å². The van der Waals surface area contributed by atoms with Crippen molar-refractivity contribution >= 4 is 0 Å². The van der Waals surface area contributed by atoms with Crippen molar-refractivity contribution < 1.29 is 9.84 Å². The van der Waals surface area contributed by atoms with Gasteiger partial charge in [-0.15, -0.1) is 0 Å². The van der Waals surface area contributed by atoms with E-state index in [0.717, 1.165) is 18.7 Å². The van der Waals surface area contributed by atoms with E-state index in [9.17, 15) is 5.11 Å². The van der Waals surface area contributed by atoms with Gasteiger partial charge in [-0.1, -0.05) is 26.8 Å². The lowest BCUT2D eigenvalue weighted by Crippen LogP contribution is -2.33. The van der Waals surface area contributed by atoms with Crippen LogP contribution in [0, 0.1) is 6.92 Å². The zero-order valence-corrected chi connectivity index (χ0v) is 12.6. The maximum Gasteiger partial charge on any atom is 0.119 e. The summed E-state index contributed by atoms with van der Waals surface area (Å²) in [5.74, 6) is 1.46. The van der Waals surface area contributed by atoms with E-state index < -0.39 is 0 Å². The monoisotopic (exact) mass is 265 g/mol. The SMILES string of the molecule is CCNC(CO)CCOc1ccc(C(C)C)c(C)c1. The molecule has 1 aromatic carbocycles. The summed E-state index contributed by atoms with van der Waals surface area (Å²) in [4.78, 5) is 0. The van der Waals surface area contributed by atoms with Crippen LogP contribution in [-0.4, -0.2) is 30.9 Å². The van der Waals surface area contributed by atoms with Crippen molar-refractivity contribution in [2.45, 2.75) is 46.1 Å². The van der Waals surface area contributed by atoms with Gasteiger partial charge in [-0.3, -0.25) is 0 Å².